The molecule has 2 aromatic rings. The van der Waals surface area contributed by atoms with Gasteiger partial charge in [-0.15, -0.1) is 0 Å². The largest absolute Gasteiger partial charge is 0.398 e. The van der Waals surface area contributed by atoms with Crippen LogP contribution in [0.25, 0.3) is 11.1 Å². The molecular weight excluding hydrogens is 198 g/mol. The molecule has 16 heavy (non-hydrogen) atoms. The third-order valence-electron chi connectivity index (χ3n) is 2.54. The SMILES string of the molecule is CC(C)(C)n1cc(-c2ccccc2N)cn1. The Morgan fingerprint density at radius 1 is 1.19 bits per heavy atom. The molecule has 0 saturated carbocycles. The van der Waals surface area contributed by atoms with E-state index in [1.807, 2.05) is 41.3 Å². The second kappa shape index (κ2) is 3.67. The first-order valence-corrected chi connectivity index (χ1v) is 5.38. The van der Waals surface area contributed by atoms with E-state index in [2.05, 4.69) is 25.9 Å². The molecule has 0 aliphatic heterocycles. The highest BCUT2D eigenvalue weighted by Crippen LogP contribution is 2.26. The number of hydrogen-bond acceptors (Lipinski definition) is 2. The molecule has 0 aliphatic rings. The zero-order valence-electron chi connectivity index (χ0n) is 9.94. The van der Waals surface area contributed by atoms with Gasteiger partial charge in [-0.2, -0.15) is 5.10 Å². The van der Waals surface area contributed by atoms with Crippen molar-refractivity contribution in [3.8, 4) is 11.1 Å². The molecular formula is C13H17N3. The Labute approximate surface area is 95.9 Å². The molecule has 3 nitrogen and oxygen atoms in total. The molecule has 84 valence electrons. The van der Waals surface area contributed by atoms with E-state index in [0.717, 1.165) is 16.8 Å². The first-order chi connectivity index (χ1) is 7.48. The Balaban J connectivity index is 2.44. The average Bonchev–Trinajstić information content (AvgIpc) is 2.66. The van der Waals surface area contributed by atoms with Gasteiger partial charge in [-0.25, -0.2) is 0 Å². The number of nitrogens with zero attached hydrogens (tertiary/aromatic N) is 2. The molecule has 0 fully saturated rings. The number of nitrogen functional groups attached to an aromatic ring is 1. The molecule has 0 amide bonds. The summed E-state index contributed by atoms with van der Waals surface area (Å²) in [6.45, 7) is 6.37. The maximum atomic E-state index is 5.93. The van der Waals surface area contributed by atoms with E-state index >= 15 is 0 Å². The lowest BCUT2D eigenvalue weighted by atomic mass is 10.1. The van der Waals surface area contributed by atoms with Gasteiger partial charge in [0.05, 0.1) is 11.7 Å². The van der Waals surface area contributed by atoms with Gasteiger partial charge in [0.25, 0.3) is 0 Å². The van der Waals surface area contributed by atoms with Gasteiger partial charge in [-0.1, -0.05) is 18.2 Å². The van der Waals surface area contributed by atoms with E-state index in [4.69, 9.17) is 5.73 Å². The van der Waals surface area contributed by atoms with Crippen LogP contribution in [0.1, 0.15) is 20.8 Å². The molecule has 0 radical (unpaired) electrons. The standard InChI is InChI=1S/C13H17N3/c1-13(2,3)16-9-10(8-15-16)11-6-4-5-7-12(11)14/h4-9H,14H2,1-3H3. The average molecular weight is 215 g/mol. The summed E-state index contributed by atoms with van der Waals surface area (Å²) in [5.41, 5.74) is 8.83. The van der Waals surface area contributed by atoms with Crippen molar-refractivity contribution in [2.24, 2.45) is 0 Å². The van der Waals surface area contributed by atoms with Gasteiger partial charge in [0.2, 0.25) is 0 Å². The van der Waals surface area contributed by atoms with Crippen LogP contribution in [0.3, 0.4) is 0 Å². The zero-order valence-corrected chi connectivity index (χ0v) is 9.94. The van der Waals surface area contributed by atoms with E-state index in [9.17, 15) is 0 Å². The molecule has 2 rings (SSSR count). The maximum absolute atomic E-state index is 5.93. The molecule has 1 aromatic carbocycles. The van der Waals surface area contributed by atoms with Gasteiger partial charge in [-0.05, 0) is 26.8 Å². The van der Waals surface area contributed by atoms with Gasteiger partial charge in [0.1, 0.15) is 0 Å². The molecule has 1 aromatic heterocycles. The fourth-order valence-electron chi connectivity index (χ4n) is 1.59. The fourth-order valence-corrected chi connectivity index (χ4v) is 1.59. The predicted molar refractivity (Wildman–Crippen MR) is 67.1 cm³/mol. The number of para-hydroxylation sites is 1. The van der Waals surface area contributed by atoms with Crippen LogP contribution in [-0.4, -0.2) is 9.78 Å². The van der Waals surface area contributed by atoms with Crippen molar-refractivity contribution in [1.82, 2.24) is 9.78 Å². The quantitative estimate of drug-likeness (QED) is 0.743. The molecule has 0 aliphatic carbocycles. The molecule has 0 bridgehead atoms. The highest BCUT2D eigenvalue weighted by Gasteiger charge is 2.14. The first-order valence-electron chi connectivity index (χ1n) is 5.38. The second-order valence-corrected chi connectivity index (χ2v) is 4.93. The molecule has 0 spiro atoms. The predicted octanol–water partition coefficient (Wildman–Crippen LogP) is 2.89. The third-order valence-corrected chi connectivity index (χ3v) is 2.54. The van der Waals surface area contributed by atoms with Crippen molar-refractivity contribution in [1.29, 1.82) is 0 Å². The van der Waals surface area contributed by atoms with Gasteiger partial charge in [-0.3, -0.25) is 4.68 Å². The van der Waals surface area contributed by atoms with Crippen molar-refractivity contribution in [2.45, 2.75) is 26.3 Å². The molecule has 0 saturated heterocycles. The van der Waals surface area contributed by atoms with E-state index in [1.165, 1.54) is 0 Å². The number of nitrogens with two attached hydrogens (primary N) is 1. The highest BCUT2D eigenvalue weighted by molar-refractivity contribution is 5.75. The summed E-state index contributed by atoms with van der Waals surface area (Å²) < 4.78 is 1.95. The first kappa shape index (κ1) is 10.7. The summed E-state index contributed by atoms with van der Waals surface area (Å²) in [6.07, 6.45) is 3.89. The van der Waals surface area contributed by atoms with Gasteiger partial charge in [0.15, 0.2) is 0 Å². The van der Waals surface area contributed by atoms with E-state index < -0.39 is 0 Å². The topological polar surface area (TPSA) is 43.8 Å². The van der Waals surface area contributed by atoms with Gasteiger partial charge < -0.3 is 5.73 Å². The Morgan fingerprint density at radius 2 is 1.88 bits per heavy atom. The molecule has 1 heterocycles. The van der Waals surface area contributed by atoms with E-state index in [0.29, 0.717) is 0 Å². The van der Waals surface area contributed by atoms with Crippen LogP contribution in [0.2, 0.25) is 0 Å². The van der Waals surface area contributed by atoms with Crippen LogP contribution in [-0.2, 0) is 5.54 Å². The number of anilines is 1. The summed E-state index contributed by atoms with van der Waals surface area (Å²) in [5.74, 6) is 0. The Bertz CT molecular complexity index is 492. The Morgan fingerprint density at radius 3 is 2.44 bits per heavy atom. The summed E-state index contributed by atoms with van der Waals surface area (Å²) in [6, 6.07) is 7.84. The molecule has 3 heteroatoms. The summed E-state index contributed by atoms with van der Waals surface area (Å²) in [4.78, 5) is 0. The minimum Gasteiger partial charge on any atom is -0.398 e. The van der Waals surface area contributed by atoms with E-state index in [-0.39, 0.29) is 5.54 Å². The summed E-state index contributed by atoms with van der Waals surface area (Å²) in [5, 5.41) is 4.37. The number of hydrogen-bond donors (Lipinski definition) is 1. The van der Waals surface area contributed by atoms with Crippen molar-refractivity contribution < 1.29 is 0 Å². The highest BCUT2D eigenvalue weighted by atomic mass is 15.3. The minimum absolute atomic E-state index is 0.00178. The number of aromatic nitrogens is 2. The van der Waals surface area contributed by atoms with E-state index in [1.54, 1.807) is 0 Å². The van der Waals surface area contributed by atoms with Crippen LogP contribution in [0.15, 0.2) is 36.7 Å². The third kappa shape index (κ3) is 1.94. The lowest BCUT2D eigenvalue weighted by molar-refractivity contribution is 0.355. The van der Waals surface area contributed by atoms with Crippen LogP contribution in [0, 0.1) is 0 Å². The van der Waals surface area contributed by atoms with Crippen molar-refractivity contribution in [3.63, 3.8) is 0 Å². The normalized spacial score (nSPS) is 11.7. The van der Waals surface area contributed by atoms with Crippen LogP contribution in [0.4, 0.5) is 5.69 Å². The molecule has 2 N–H and O–H groups in total. The molecule has 0 unspecified atom stereocenters. The Kier molecular flexibility index (Phi) is 2.46. The van der Waals surface area contributed by atoms with Gasteiger partial charge in [0, 0.05) is 23.0 Å². The van der Waals surface area contributed by atoms with Crippen LogP contribution < -0.4 is 5.73 Å². The van der Waals surface area contributed by atoms with Crippen molar-refractivity contribution >= 4 is 5.69 Å². The monoisotopic (exact) mass is 215 g/mol. The second-order valence-electron chi connectivity index (χ2n) is 4.93. The summed E-state index contributed by atoms with van der Waals surface area (Å²) in [7, 11) is 0. The maximum Gasteiger partial charge on any atom is 0.0569 e. The Hall–Kier alpha value is -1.77. The lowest BCUT2D eigenvalue weighted by Crippen LogP contribution is -2.21. The summed E-state index contributed by atoms with van der Waals surface area (Å²) >= 11 is 0. The zero-order chi connectivity index (χ0) is 11.8. The number of rotatable bonds is 1. The smallest absolute Gasteiger partial charge is 0.0569 e. The van der Waals surface area contributed by atoms with Gasteiger partial charge >= 0.3 is 0 Å². The fraction of sp³-hybridized carbons (Fsp3) is 0.308. The molecule has 0 atom stereocenters. The van der Waals surface area contributed by atoms with Crippen molar-refractivity contribution in [2.75, 3.05) is 5.73 Å². The van der Waals surface area contributed by atoms with Crippen LogP contribution >= 0.6 is 0 Å². The minimum atomic E-state index is 0.00178. The number of benzene rings is 1. The van der Waals surface area contributed by atoms with Crippen LogP contribution in [0.5, 0.6) is 0 Å². The van der Waals surface area contributed by atoms with Crippen molar-refractivity contribution in [3.05, 3.63) is 36.7 Å². The lowest BCUT2D eigenvalue weighted by Gasteiger charge is -2.18.